The summed E-state index contributed by atoms with van der Waals surface area (Å²) in [7, 11) is 0. The first-order valence-corrected chi connectivity index (χ1v) is 5.71. The fourth-order valence-corrected chi connectivity index (χ4v) is 1.99. The van der Waals surface area contributed by atoms with Crippen LogP contribution >= 0.6 is 0 Å². The molecule has 1 aromatic heterocycles. The second kappa shape index (κ2) is 4.58. The van der Waals surface area contributed by atoms with Gasteiger partial charge in [-0.2, -0.15) is 0 Å². The number of carbonyl (C=O) groups is 1. The van der Waals surface area contributed by atoms with Crippen LogP contribution in [0.1, 0.15) is 10.4 Å². The first-order valence-electron chi connectivity index (χ1n) is 5.71. The molecular weight excluding hydrogens is 287 g/mol. The number of hydrogen-bond donors (Lipinski definition) is 1. The second-order valence-corrected chi connectivity index (χ2v) is 4.20. The molecule has 0 spiro atoms. The standard InChI is InChI=1S/C13H6F3N3O2/c14-6-4-8(15)11(16)10(5-6)19-9-3-1-2-7(13(20)21)12(9)17-18-19/h1-5H,(H,20,21). The molecule has 0 fully saturated rings. The molecule has 2 aromatic carbocycles. The smallest absolute Gasteiger partial charge is 0.338 e. The lowest BCUT2D eigenvalue weighted by molar-refractivity contribution is 0.0699. The molecule has 0 aliphatic carbocycles. The minimum atomic E-state index is -1.37. The lowest BCUT2D eigenvalue weighted by Gasteiger charge is -2.05. The predicted molar refractivity (Wildman–Crippen MR) is 65.7 cm³/mol. The van der Waals surface area contributed by atoms with Crippen molar-refractivity contribution in [2.45, 2.75) is 0 Å². The third kappa shape index (κ3) is 2.00. The molecule has 3 aromatic rings. The van der Waals surface area contributed by atoms with E-state index in [4.69, 9.17) is 5.11 Å². The number of fused-ring (bicyclic) bond motifs is 1. The zero-order valence-corrected chi connectivity index (χ0v) is 10.2. The molecule has 21 heavy (non-hydrogen) atoms. The van der Waals surface area contributed by atoms with E-state index < -0.39 is 29.1 Å². The Bertz CT molecular complexity index is 876. The second-order valence-electron chi connectivity index (χ2n) is 4.20. The molecule has 0 unspecified atom stereocenters. The molecule has 0 atom stereocenters. The highest BCUT2D eigenvalue weighted by Crippen LogP contribution is 2.23. The van der Waals surface area contributed by atoms with Crippen LogP contribution in [0.25, 0.3) is 16.7 Å². The van der Waals surface area contributed by atoms with E-state index in [0.717, 1.165) is 10.7 Å². The molecule has 8 heteroatoms. The quantitative estimate of drug-likeness (QED) is 0.737. The number of nitrogens with zero attached hydrogens (tertiary/aromatic N) is 3. The third-order valence-electron chi connectivity index (χ3n) is 2.91. The molecule has 5 nitrogen and oxygen atoms in total. The molecule has 0 amide bonds. The van der Waals surface area contributed by atoms with Gasteiger partial charge in [0, 0.05) is 12.1 Å². The van der Waals surface area contributed by atoms with Gasteiger partial charge in [0.1, 0.15) is 17.0 Å². The van der Waals surface area contributed by atoms with Gasteiger partial charge in [-0.1, -0.05) is 11.3 Å². The van der Waals surface area contributed by atoms with Crippen LogP contribution in [0.5, 0.6) is 0 Å². The summed E-state index contributed by atoms with van der Waals surface area (Å²) in [5.41, 5.74) is -0.513. The Balaban J connectivity index is 2.33. The van der Waals surface area contributed by atoms with Crippen molar-refractivity contribution in [3.8, 4) is 5.69 Å². The molecule has 0 aliphatic heterocycles. The van der Waals surface area contributed by atoms with Crippen molar-refractivity contribution < 1.29 is 23.1 Å². The molecule has 0 saturated carbocycles. The molecule has 3 rings (SSSR count). The Morgan fingerprint density at radius 2 is 1.95 bits per heavy atom. The average molecular weight is 293 g/mol. The van der Waals surface area contributed by atoms with E-state index >= 15 is 0 Å². The first kappa shape index (κ1) is 13.1. The minimum Gasteiger partial charge on any atom is -0.478 e. The van der Waals surface area contributed by atoms with E-state index in [0.29, 0.717) is 6.07 Å². The van der Waals surface area contributed by atoms with Gasteiger partial charge in [0.2, 0.25) is 0 Å². The Kier molecular flexibility index (Phi) is 2.86. The summed E-state index contributed by atoms with van der Waals surface area (Å²) in [6.07, 6.45) is 0. The van der Waals surface area contributed by atoms with Gasteiger partial charge in [0.25, 0.3) is 0 Å². The molecule has 106 valence electrons. The normalized spacial score (nSPS) is 11.0. The highest BCUT2D eigenvalue weighted by Gasteiger charge is 2.19. The largest absolute Gasteiger partial charge is 0.478 e. The molecule has 0 saturated heterocycles. The molecule has 0 radical (unpaired) electrons. The fourth-order valence-electron chi connectivity index (χ4n) is 1.99. The SMILES string of the molecule is O=C(O)c1cccc2c1nnn2-c1cc(F)cc(F)c1F. The van der Waals surface area contributed by atoms with Crippen LogP contribution in [0.15, 0.2) is 30.3 Å². The van der Waals surface area contributed by atoms with Crippen molar-refractivity contribution in [1.82, 2.24) is 15.0 Å². The van der Waals surface area contributed by atoms with Crippen molar-refractivity contribution in [2.24, 2.45) is 0 Å². The third-order valence-corrected chi connectivity index (χ3v) is 2.91. The number of aromatic carboxylic acids is 1. The van der Waals surface area contributed by atoms with Crippen molar-refractivity contribution in [2.75, 3.05) is 0 Å². The Hall–Kier alpha value is -2.90. The van der Waals surface area contributed by atoms with Crippen molar-refractivity contribution >= 4 is 17.0 Å². The molecule has 1 heterocycles. The van der Waals surface area contributed by atoms with Crippen LogP contribution in [0, 0.1) is 17.5 Å². The number of halogens is 3. The summed E-state index contributed by atoms with van der Waals surface area (Å²) >= 11 is 0. The average Bonchev–Trinajstić information content (AvgIpc) is 2.86. The van der Waals surface area contributed by atoms with Gasteiger partial charge in [-0.15, -0.1) is 5.10 Å². The van der Waals surface area contributed by atoms with Crippen molar-refractivity contribution in [1.29, 1.82) is 0 Å². The lowest BCUT2D eigenvalue weighted by atomic mass is 10.2. The Morgan fingerprint density at radius 3 is 2.67 bits per heavy atom. The van der Waals surface area contributed by atoms with E-state index in [1.807, 2.05) is 0 Å². The maximum absolute atomic E-state index is 13.8. The predicted octanol–water partition coefficient (Wildman–Crippen LogP) is 2.54. The maximum Gasteiger partial charge on any atom is 0.338 e. The summed E-state index contributed by atoms with van der Waals surface area (Å²) in [4.78, 5) is 11.1. The van der Waals surface area contributed by atoms with Crippen molar-refractivity contribution in [3.05, 3.63) is 53.3 Å². The van der Waals surface area contributed by atoms with Gasteiger partial charge in [0.15, 0.2) is 11.6 Å². The highest BCUT2D eigenvalue weighted by atomic mass is 19.2. The zero-order chi connectivity index (χ0) is 15.1. The monoisotopic (exact) mass is 293 g/mol. The van der Waals surface area contributed by atoms with Gasteiger partial charge in [-0.3, -0.25) is 0 Å². The van der Waals surface area contributed by atoms with Crippen LogP contribution in [0.3, 0.4) is 0 Å². The summed E-state index contributed by atoms with van der Waals surface area (Å²) in [5.74, 6) is -4.90. The first-order chi connectivity index (χ1) is 9.99. The fraction of sp³-hybridized carbons (Fsp3) is 0. The summed E-state index contributed by atoms with van der Waals surface area (Å²) in [6, 6.07) is 5.27. The maximum atomic E-state index is 13.8. The molecule has 0 bridgehead atoms. The minimum absolute atomic E-state index is 0.00549. The van der Waals surface area contributed by atoms with Crippen LogP contribution < -0.4 is 0 Å². The number of aromatic nitrogens is 3. The van der Waals surface area contributed by atoms with Crippen LogP contribution in [-0.4, -0.2) is 26.1 Å². The topological polar surface area (TPSA) is 68.0 Å². The van der Waals surface area contributed by atoms with Gasteiger partial charge in [-0.25, -0.2) is 22.6 Å². The highest BCUT2D eigenvalue weighted by molar-refractivity contribution is 6.00. The lowest BCUT2D eigenvalue weighted by Crippen LogP contribution is -2.03. The van der Waals surface area contributed by atoms with Crippen molar-refractivity contribution in [3.63, 3.8) is 0 Å². The Morgan fingerprint density at radius 1 is 1.19 bits per heavy atom. The van der Waals surface area contributed by atoms with Gasteiger partial charge in [0.05, 0.1) is 11.1 Å². The number of benzene rings is 2. The van der Waals surface area contributed by atoms with E-state index in [2.05, 4.69) is 10.3 Å². The molecule has 0 aliphatic rings. The van der Waals surface area contributed by atoms with Crippen LogP contribution in [0.2, 0.25) is 0 Å². The molecule has 1 N–H and O–H groups in total. The van der Waals surface area contributed by atoms with E-state index in [1.54, 1.807) is 0 Å². The van der Waals surface area contributed by atoms with E-state index in [1.165, 1.54) is 18.2 Å². The van der Waals surface area contributed by atoms with E-state index in [9.17, 15) is 18.0 Å². The van der Waals surface area contributed by atoms with E-state index in [-0.39, 0.29) is 16.6 Å². The van der Waals surface area contributed by atoms with Gasteiger partial charge >= 0.3 is 5.97 Å². The summed E-state index contributed by atoms with van der Waals surface area (Å²) in [6.45, 7) is 0. The number of hydrogen-bond acceptors (Lipinski definition) is 3. The summed E-state index contributed by atoms with van der Waals surface area (Å²) < 4.78 is 41.1. The van der Waals surface area contributed by atoms with Crippen LogP contribution in [-0.2, 0) is 0 Å². The number of carboxylic acids is 1. The number of rotatable bonds is 2. The van der Waals surface area contributed by atoms with Gasteiger partial charge < -0.3 is 5.11 Å². The zero-order valence-electron chi connectivity index (χ0n) is 10.2. The molecular formula is C13H6F3N3O2. The van der Waals surface area contributed by atoms with Gasteiger partial charge in [-0.05, 0) is 12.1 Å². The number of carboxylic acid groups (broad SMARTS) is 1. The van der Waals surface area contributed by atoms with Crippen LogP contribution in [0.4, 0.5) is 13.2 Å². The Labute approximate surface area is 115 Å². The summed E-state index contributed by atoms with van der Waals surface area (Å²) in [5, 5.41) is 16.3.